The van der Waals surface area contributed by atoms with Gasteiger partial charge in [-0.15, -0.1) is 24.0 Å². The summed E-state index contributed by atoms with van der Waals surface area (Å²) in [4.78, 5) is 7.12. The summed E-state index contributed by atoms with van der Waals surface area (Å²) in [6.07, 6.45) is 3.48. The first-order valence-corrected chi connectivity index (χ1v) is 9.34. The average molecular weight is 474 g/mol. The van der Waals surface area contributed by atoms with Crippen molar-refractivity contribution in [3.63, 3.8) is 0 Å². The number of fused-ring (bicyclic) bond motifs is 1. The van der Waals surface area contributed by atoms with Gasteiger partial charge >= 0.3 is 0 Å². The number of nitrogens with one attached hydrogen (secondary N) is 1. The Morgan fingerprint density at radius 1 is 1.15 bits per heavy atom. The second-order valence-corrected chi connectivity index (χ2v) is 7.12. The fraction of sp³-hybridized carbons (Fsp3) is 0.632. The molecular weight excluding hydrogens is 443 g/mol. The second kappa shape index (κ2) is 10.2. The van der Waals surface area contributed by atoms with Gasteiger partial charge in [0.2, 0.25) is 0 Å². The SMILES string of the molecule is CC(C)C(CN=C(N)Nc1ccc2c(c1)OCCCO2)N1CCCC1.I. The first-order chi connectivity index (χ1) is 12.1. The number of guanidine groups is 1. The van der Waals surface area contributed by atoms with E-state index in [1.165, 1.54) is 25.9 Å². The summed E-state index contributed by atoms with van der Waals surface area (Å²) in [5.74, 6) is 2.55. The van der Waals surface area contributed by atoms with Gasteiger partial charge < -0.3 is 20.5 Å². The minimum atomic E-state index is 0. The van der Waals surface area contributed by atoms with E-state index in [1.54, 1.807) is 0 Å². The molecule has 146 valence electrons. The van der Waals surface area contributed by atoms with Gasteiger partial charge in [-0.2, -0.15) is 0 Å². The highest BCUT2D eigenvalue weighted by molar-refractivity contribution is 14.0. The molecule has 0 radical (unpaired) electrons. The summed E-state index contributed by atoms with van der Waals surface area (Å²) < 4.78 is 11.4. The fourth-order valence-corrected chi connectivity index (χ4v) is 3.44. The molecule has 0 bridgehead atoms. The van der Waals surface area contributed by atoms with Crippen LogP contribution in [0.2, 0.25) is 0 Å². The van der Waals surface area contributed by atoms with Gasteiger partial charge in [-0.25, -0.2) is 0 Å². The maximum Gasteiger partial charge on any atom is 0.193 e. The molecular formula is C19H31IN4O2. The smallest absolute Gasteiger partial charge is 0.193 e. The van der Waals surface area contributed by atoms with Crippen LogP contribution in [0.25, 0.3) is 0 Å². The molecule has 3 N–H and O–H groups in total. The molecule has 2 aliphatic rings. The lowest BCUT2D eigenvalue weighted by atomic mass is 10.0. The zero-order valence-corrected chi connectivity index (χ0v) is 18.1. The number of likely N-dealkylation sites (tertiary alicyclic amines) is 1. The summed E-state index contributed by atoms with van der Waals surface area (Å²) in [6.45, 7) is 8.95. The van der Waals surface area contributed by atoms with Crippen LogP contribution in [-0.2, 0) is 0 Å². The second-order valence-electron chi connectivity index (χ2n) is 7.12. The van der Waals surface area contributed by atoms with E-state index in [1.807, 2.05) is 18.2 Å². The third kappa shape index (κ3) is 5.64. The fourth-order valence-electron chi connectivity index (χ4n) is 3.44. The molecule has 2 aliphatic heterocycles. The first-order valence-electron chi connectivity index (χ1n) is 9.34. The summed E-state index contributed by atoms with van der Waals surface area (Å²) in [7, 11) is 0. The largest absolute Gasteiger partial charge is 0.490 e. The van der Waals surface area contributed by atoms with E-state index in [0.717, 1.165) is 30.2 Å². The Hall–Kier alpha value is -1.22. The maximum atomic E-state index is 6.11. The molecule has 0 spiro atoms. The van der Waals surface area contributed by atoms with Crippen molar-refractivity contribution in [2.45, 2.75) is 39.2 Å². The highest BCUT2D eigenvalue weighted by Gasteiger charge is 2.24. The predicted octanol–water partition coefficient (Wildman–Crippen LogP) is 3.31. The molecule has 3 rings (SSSR count). The Balaban J connectivity index is 0.00000243. The number of halogens is 1. The Morgan fingerprint density at radius 2 is 1.85 bits per heavy atom. The zero-order chi connectivity index (χ0) is 17.6. The number of anilines is 1. The van der Waals surface area contributed by atoms with Gasteiger partial charge in [-0.05, 0) is 44.0 Å². The van der Waals surface area contributed by atoms with Crippen LogP contribution in [0, 0.1) is 5.92 Å². The van der Waals surface area contributed by atoms with Crippen LogP contribution >= 0.6 is 24.0 Å². The molecule has 1 saturated heterocycles. The van der Waals surface area contributed by atoms with Crippen molar-refractivity contribution in [1.82, 2.24) is 4.90 Å². The molecule has 26 heavy (non-hydrogen) atoms. The number of aliphatic imine (C=N–C) groups is 1. The Morgan fingerprint density at radius 3 is 2.54 bits per heavy atom. The number of rotatable bonds is 5. The maximum absolute atomic E-state index is 6.11. The van der Waals surface area contributed by atoms with Gasteiger partial charge in [0.1, 0.15) is 0 Å². The monoisotopic (exact) mass is 474 g/mol. The van der Waals surface area contributed by atoms with Crippen LogP contribution in [0.15, 0.2) is 23.2 Å². The standard InChI is InChI=1S/C19H30N4O2.HI/c1-14(2)16(23-8-3-4-9-23)13-21-19(20)22-15-6-7-17-18(12-15)25-11-5-10-24-17;/h6-7,12,14,16H,3-5,8-11,13H2,1-2H3,(H3,20,21,22);1H. The summed E-state index contributed by atoms with van der Waals surface area (Å²) >= 11 is 0. The Kier molecular flexibility index (Phi) is 8.27. The van der Waals surface area contributed by atoms with E-state index >= 15 is 0 Å². The molecule has 0 saturated carbocycles. The quantitative estimate of drug-likeness (QED) is 0.389. The third-order valence-corrected chi connectivity index (χ3v) is 4.85. The molecule has 1 aromatic carbocycles. The summed E-state index contributed by atoms with van der Waals surface area (Å²) in [5.41, 5.74) is 6.98. The highest BCUT2D eigenvalue weighted by atomic mass is 127. The lowest BCUT2D eigenvalue weighted by Gasteiger charge is -2.29. The highest BCUT2D eigenvalue weighted by Crippen LogP contribution is 2.32. The van der Waals surface area contributed by atoms with Crippen LogP contribution < -0.4 is 20.5 Å². The Bertz CT molecular complexity index is 603. The van der Waals surface area contributed by atoms with Crippen LogP contribution in [0.4, 0.5) is 5.69 Å². The predicted molar refractivity (Wildman–Crippen MR) is 117 cm³/mol. The van der Waals surface area contributed by atoms with Crippen LogP contribution in [0.1, 0.15) is 33.1 Å². The lowest BCUT2D eigenvalue weighted by Crippen LogP contribution is -2.40. The van der Waals surface area contributed by atoms with Crippen molar-refractivity contribution in [1.29, 1.82) is 0 Å². The van der Waals surface area contributed by atoms with Crippen LogP contribution in [0.5, 0.6) is 11.5 Å². The number of ether oxygens (including phenoxy) is 2. The van der Waals surface area contributed by atoms with Gasteiger partial charge in [0.15, 0.2) is 17.5 Å². The van der Waals surface area contributed by atoms with Crippen molar-refractivity contribution in [2.75, 3.05) is 38.2 Å². The van der Waals surface area contributed by atoms with Crippen molar-refractivity contribution in [2.24, 2.45) is 16.6 Å². The van der Waals surface area contributed by atoms with Crippen LogP contribution in [-0.4, -0.2) is 49.7 Å². The summed E-state index contributed by atoms with van der Waals surface area (Å²) in [5, 5.41) is 3.17. The van der Waals surface area contributed by atoms with E-state index in [4.69, 9.17) is 15.2 Å². The van der Waals surface area contributed by atoms with Crippen molar-refractivity contribution < 1.29 is 9.47 Å². The molecule has 6 nitrogen and oxygen atoms in total. The lowest BCUT2D eigenvalue weighted by molar-refractivity contribution is 0.198. The normalized spacial score (nSPS) is 19.0. The molecule has 1 aromatic rings. The first kappa shape index (κ1) is 21.1. The molecule has 1 fully saturated rings. The van der Waals surface area contributed by atoms with Crippen molar-refractivity contribution >= 4 is 35.6 Å². The van der Waals surface area contributed by atoms with E-state index < -0.39 is 0 Å². The van der Waals surface area contributed by atoms with Crippen molar-refractivity contribution in [3.8, 4) is 11.5 Å². The van der Waals surface area contributed by atoms with Crippen LogP contribution in [0.3, 0.4) is 0 Å². The number of hydrogen-bond acceptors (Lipinski definition) is 4. The molecule has 0 aromatic heterocycles. The van der Waals surface area contributed by atoms with Gasteiger partial charge in [0.25, 0.3) is 0 Å². The number of nitrogens with two attached hydrogens (primary N) is 1. The van der Waals surface area contributed by atoms with E-state index in [9.17, 15) is 0 Å². The zero-order valence-electron chi connectivity index (χ0n) is 15.7. The number of benzene rings is 1. The van der Waals surface area contributed by atoms with E-state index in [2.05, 4.69) is 29.1 Å². The average Bonchev–Trinajstić information content (AvgIpc) is 3.00. The van der Waals surface area contributed by atoms with E-state index in [0.29, 0.717) is 31.1 Å². The molecule has 1 atom stereocenters. The third-order valence-electron chi connectivity index (χ3n) is 4.85. The molecule has 1 unspecified atom stereocenters. The van der Waals surface area contributed by atoms with Gasteiger partial charge in [0, 0.05) is 24.2 Å². The number of nitrogens with zero attached hydrogens (tertiary/aromatic N) is 2. The molecule has 0 amide bonds. The summed E-state index contributed by atoms with van der Waals surface area (Å²) in [6, 6.07) is 6.23. The number of hydrogen-bond donors (Lipinski definition) is 2. The van der Waals surface area contributed by atoms with Gasteiger partial charge in [0.05, 0.1) is 19.8 Å². The van der Waals surface area contributed by atoms with E-state index in [-0.39, 0.29) is 24.0 Å². The Labute approximate surface area is 173 Å². The van der Waals surface area contributed by atoms with Gasteiger partial charge in [-0.1, -0.05) is 13.8 Å². The minimum absolute atomic E-state index is 0. The topological polar surface area (TPSA) is 72.1 Å². The molecule has 0 aliphatic carbocycles. The molecule has 7 heteroatoms. The van der Waals surface area contributed by atoms with Gasteiger partial charge in [-0.3, -0.25) is 9.89 Å². The minimum Gasteiger partial charge on any atom is -0.490 e. The van der Waals surface area contributed by atoms with Crippen molar-refractivity contribution in [3.05, 3.63) is 18.2 Å². The molecule has 2 heterocycles.